The SMILES string of the molecule is CCc1ccccc1C(=O)N1[C@@H]2CC[C@H]1CN(C(=O)C(C)c1cccs1)C2. The van der Waals surface area contributed by atoms with Crippen LogP contribution in [0, 0.1) is 0 Å². The summed E-state index contributed by atoms with van der Waals surface area (Å²) in [5.74, 6) is 0.223. The minimum absolute atomic E-state index is 0.104. The Kier molecular flexibility index (Phi) is 5.04. The molecule has 0 saturated carbocycles. The van der Waals surface area contributed by atoms with Crippen molar-refractivity contribution in [2.24, 2.45) is 0 Å². The molecule has 4 rings (SSSR count). The van der Waals surface area contributed by atoms with Crippen molar-refractivity contribution in [3.05, 3.63) is 57.8 Å². The number of hydrogen-bond donors (Lipinski definition) is 0. The van der Waals surface area contributed by atoms with Crippen LogP contribution in [-0.2, 0) is 11.2 Å². The smallest absolute Gasteiger partial charge is 0.254 e. The average molecular weight is 383 g/mol. The molecular weight excluding hydrogens is 356 g/mol. The summed E-state index contributed by atoms with van der Waals surface area (Å²) in [5, 5.41) is 2.02. The molecule has 2 saturated heterocycles. The van der Waals surface area contributed by atoms with E-state index in [4.69, 9.17) is 0 Å². The van der Waals surface area contributed by atoms with Crippen LogP contribution in [0.1, 0.15) is 53.4 Å². The Morgan fingerprint density at radius 2 is 1.81 bits per heavy atom. The molecule has 1 unspecified atom stereocenters. The van der Waals surface area contributed by atoms with E-state index >= 15 is 0 Å². The molecule has 27 heavy (non-hydrogen) atoms. The normalized spacial score (nSPS) is 22.7. The van der Waals surface area contributed by atoms with Crippen molar-refractivity contribution >= 4 is 23.2 Å². The van der Waals surface area contributed by atoms with Crippen LogP contribution in [0.4, 0.5) is 0 Å². The zero-order chi connectivity index (χ0) is 19.0. The number of piperazine rings is 1. The Hall–Kier alpha value is -2.14. The Morgan fingerprint density at radius 3 is 2.44 bits per heavy atom. The lowest BCUT2D eigenvalue weighted by Crippen LogP contribution is -2.57. The molecular formula is C22H26N2O2S. The van der Waals surface area contributed by atoms with Gasteiger partial charge >= 0.3 is 0 Å². The topological polar surface area (TPSA) is 40.6 Å². The van der Waals surface area contributed by atoms with E-state index in [1.165, 1.54) is 0 Å². The fourth-order valence-electron chi connectivity index (χ4n) is 4.52. The molecule has 0 N–H and O–H groups in total. The van der Waals surface area contributed by atoms with Gasteiger partial charge in [0.2, 0.25) is 5.91 Å². The molecule has 2 bridgehead atoms. The molecule has 3 atom stereocenters. The molecule has 142 valence electrons. The minimum Gasteiger partial charge on any atom is -0.338 e. The van der Waals surface area contributed by atoms with Crippen LogP contribution in [0.3, 0.4) is 0 Å². The van der Waals surface area contributed by atoms with Crippen LogP contribution in [-0.4, -0.2) is 46.8 Å². The summed E-state index contributed by atoms with van der Waals surface area (Å²) in [6, 6.07) is 12.2. The molecule has 3 heterocycles. The standard InChI is InChI=1S/C22H26N2O2S/c1-3-16-7-4-5-8-19(16)22(26)24-17-10-11-18(24)14-23(13-17)21(25)15(2)20-9-6-12-27-20/h4-9,12,15,17-18H,3,10-11,13-14H2,1-2H3/t15?,17-,18+. The van der Waals surface area contributed by atoms with Crippen molar-refractivity contribution in [1.29, 1.82) is 0 Å². The third kappa shape index (κ3) is 3.29. The summed E-state index contributed by atoms with van der Waals surface area (Å²) >= 11 is 1.64. The summed E-state index contributed by atoms with van der Waals surface area (Å²) in [6.45, 7) is 5.39. The number of thiophene rings is 1. The first-order chi connectivity index (χ1) is 13.1. The molecule has 0 radical (unpaired) electrons. The first-order valence-corrected chi connectivity index (χ1v) is 10.7. The quantitative estimate of drug-likeness (QED) is 0.804. The van der Waals surface area contributed by atoms with Gasteiger partial charge < -0.3 is 9.80 Å². The van der Waals surface area contributed by atoms with E-state index in [0.29, 0.717) is 13.1 Å². The molecule has 5 heteroatoms. The molecule has 2 fully saturated rings. The lowest BCUT2D eigenvalue weighted by Gasteiger charge is -2.42. The predicted octanol–water partition coefficient (Wildman–Crippen LogP) is 3.93. The van der Waals surface area contributed by atoms with Crippen LogP contribution in [0.5, 0.6) is 0 Å². The predicted molar refractivity (Wildman–Crippen MR) is 108 cm³/mol. The monoisotopic (exact) mass is 382 g/mol. The second-order valence-corrected chi connectivity index (χ2v) is 8.57. The number of rotatable bonds is 4. The number of carbonyl (C=O) groups excluding carboxylic acids is 2. The third-order valence-corrected chi connectivity index (χ3v) is 7.05. The van der Waals surface area contributed by atoms with Crippen molar-refractivity contribution in [2.75, 3.05) is 13.1 Å². The van der Waals surface area contributed by atoms with Crippen LogP contribution in [0.2, 0.25) is 0 Å². The van der Waals surface area contributed by atoms with Gasteiger partial charge in [0.1, 0.15) is 0 Å². The number of benzene rings is 1. The maximum Gasteiger partial charge on any atom is 0.254 e. The van der Waals surface area contributed by atoms with Crippen molar-refractivity contribution in [1.82, 2.24) is 9.80 Å². The molecule has 2 amide bonds. The first-order valence-electron chi connectivity index (χ1n) is 9.83. The maximum absolute atomic E-state index is 13.3. The number of fused-ring (bicyclic) bond motifs is 2. The van der Waals surface area contributed by atoms with Crippen molar-refractivity contribution in [3.63, 3.8) is 0 Å². The molecule has 0 spiro atoms. The van der Waals surface area contributed by atoms with Crippen molar-refractivity contribution < 1.29 is 9.59 Å². The Balaban J connectivity index is 1.51. The summed E-state index contributed by atoms with van der Waals surface area (Å²) in [5.41, 5.74) is 1.93. The molecule has 2 aliphatic rings. The number of nitrogens with zero attached hydrogens (tertiary/aromatic N) is 2. The van der Waals surface area contributed by atoms with E-state index in [0.717, 1.165) is 35.3 Å². The van der Waals surface area contributed by atoms with Crippen molar-refractivity contribution in [3.8, 4) is 0 Å². The Labute approximate surface area is 164 Å². The molecule has 0 aliphatic carbocycles. The van der Waals surface area contributed by atoms with E-state index < -0.39 is 0 Å². The Morgan fingerprint density at radius 1 is 1.11 bits per heavy atom. The van der Waals surface area contributed by atoms with Gasteiger partial charge in [0.15, 0.2) is 0 Å². The van der Waals surface area contributed by atoms with Gasteiger partial charge in [0.25, 0.3) is 5.91 Å². The lowest BCUT2D eigenvalue weighted by molar-refractivity contribution is -0.135. The van der Waals surface area contributed by atoms with Gasteiger partial charge in [-0.1, -0.05) is 31.2 Å². The average Bonchev–Trinajstić information content (AvgIpc) is 3.32. The molecule has 4 nitrogen and oxygen atoms in total. The molecule has 2 aromatic rings. The first kappa shape index (κ1) is 18.2. The second kappa shape index (κ2) is 7.47. The van der Waals surface area contributed by atoms with Gasteiger partial charge in [-0.2, -0.15) is 0 Å². The van der Waals surface area contributed by atoms with Crippen molar-refractivity contribution in [2.45, 2.75) is 51.1 Å². The summed E-state index contributed by atoms with van der Waals surface area (Å²) in [4.78, 5) is 31.4. The van der Waals surface area contributed by atoms with E-state index in [1.807, 2.05) is 53.6 Å². The number of amides is 2. The highest BCUT2D eigenvalue weighted by Gasteiger charge is 2.44. The summed E-state index contributed by atoms with van der Waals surface area (Å²) < 4.78 is 0. The van der Waals surface area contributed by atoms with Crippen LogP contribution < -0.4 is 0 Å². The lowest BCUT2D eigenvalue weighted by atomic mass is 10.0. The largest absolute Gasteiger partial charge is 0.338 e. The second-order valence-electron chi connectivity index (χ2n) is 7.59. The zero-order valence-electron chi connectivity index (χ0n) is 15.9. The highest BCUT2D eigenvalue weighted by atomic mass is 32.1. The summed E-state index contributed by atoms with van der Waals surface area (Å²) in [7, 11) is 0. The fourth-order valence-corrected chi connectivity index (χ4v) is 5.30. The maximum atomic E-state index is 13.3. The highest BCUT2D eigenvalue weighted by Crippen LogP contribution is 2.34. The van der Waals surface area contributed by atoms with Gasteiger partial charge in [-0.05, 0) is 49.3 Å². The molecule has 1 aromatic carbocycles. The third-order valence-electron chi connectivity index (χ3n) is 6.00. The Bertz CT molecular complexity index is 819. The van der Waals surface area contributed by atoms with Gasteiger partial charge in [0.05, 0.1) is 18.0 Å². The van der Waals surface area contributed by atoms with Gasteiger partial charge in [-0.3, -0.25) is 9.59 Å². The minimum atomic E-state index is -0.104. The van der Waals surface area contributed by atoms with Gasteiger partial charge in [-0.15, -0.1) is 11.3 Å². The van der Waals surface area contributed by atoms with Crippen LogP contribution in [0.25, 0.3) is 0 Å². The molecule has 1 aromatic heterocycles. The van der Waals surface area contributed by atoms with Gasteiger partial charge in [-0.25, -0.2) is 0 Å². The molecule has 2 aliphatic heterocycles. The number of hydrogen-bond acceptors (Lipinski definition) is 3. The van der Waals surface area contributed by atoms with E-state index in [-0.39, 0.29) is 29.8 Å². The zero-order valence-corrected chi connectivity index (χ0v) is 16.7. The van der Waals surface area contributed by atoms with Gasteiger partial charge in [0, 0.05) is 23.5 Å². The number of aryl methyl sites for hydroxylation is 1. The summed E-state index contributed by atoms with van der Waals surface area (Å²) in [6.07, 6.45) is 2.83. The van der Waals surface area contributed by atoms with Crippen LogP contribution in [0.15, 0.2) is 41.8 Å². The number of likely N-dealkylation sites (tertiary alicyclic amines) is 1. The number of carbonyl (C=O) groups is 2. The highest BCUT2D eigenvalue weighted by molar-refractivity contribution is 7.10. The van der Waals surface area contributed by atoms with E-state index in [2.05, 4.69) is 11.8 Å². The fraction of sp³-hybridized carbons (Fsp3) is 0.455. The van der Waals surface area contributed by atoms with E-state index in [1.54, 1.807) is 11.3 Å². The van der Waals surface area contributed by atoms with Crippen LogP contribution >= 0.6 is 11.3 Å². The van der Waals surface area contributed by atoms with E-state index in [9.17, 15) is 9.59 Å².